The molecule has 94 valence electrons. The van der Waals surface area contributed by atoms with Crippen molar-refractivity contribution in [1.29, 1.82) is 0 Å². The van der Waals surface area contributed by atoms with Gasteiger partial charge in [-0.2, -0.15) is 0 Å². The molecular formula is C13H13NO4. The number of aromatic carboxylic acids is 1. The minimum absolute atomic E-state index is 0.0521. The van der Waals surface area contributed by atoms with Crippen LogP contribution in [-0.4, -0.2) is 22.7 Å². The van der Waals surface area contributed by atoms with Gasteiger partial charge in [-0.15, -0.1) is 0 Å². The normalized spacial score (nSPS) is 14.1. The van der Waals surface area contributed by atoms with E-state index in [1.807, 2.05) is 0 Å². The Bertz CT molecular complexity index is 549. The summed E-state index contributed by atoms with van der Waals surface area (Å²) in [6.45, 7) is -0.176. The highest BCUT2D eigenvalue weighted by molar-refractivity contribution is 5.89. The molecule has 0 fully saturated rings. The van der Waals surface area contributed by atoms with Gasteiger partial charge in [-0.05, 0) is 11.6 Å². The first-order valence-electron chi connectivity index (χ1n) is 5.39. The third-order valence-electron chi connectivity index (χ3n) is 2.82. The number of hydrogen-bond donors (Lipinski definition) is 3. The summed E-state index contributed by atoms with van der Waals surface area (Å²) in [6.07, 6.45) is 1.22. The Hall–Kier alpha value is -2.11. The van der Waals surface area contributed by atoms with Gasteiger partial charge in [0, 0.05) is 6.54 Å². The summed E-state index contributed by atoms with van der Waals surface area (Å²) in [6, 6.07) is 9.89. The molecule has 0 saturated carbocycles. The molecule has 1 aromatic heterocycles. The van der Waals surface area contributed by atoms with E-state index >= 15 is 0 Å². The van der Waals surface area contributed by atoms with Gasteiger partial charge in [0.05, 0.1) is 6.26 Å². The number of carbonyl (C=O) groups is 1. The molecule has 18 heavy (non-hydrogen) atoms. The van der Waals surface area contributed by atoms with Crippen molar-refractivity contribution in [3.05, 3.63) is 59.5 Å². The number of furan rings is 1. The predicted octanol–water partition coefficient (Wildman–Crippen LogP) is 1.17. The zero-order valence-electron chi connectivity index (χ0n) is 9.54. The fourth-order valence-corrected chi connectivity index (χ4v) is 1.85. The van der Waals surface area contributed by atoms with Crippen LogP contribution in [0.15, 0.2) is 47.1 Å². The Kier molecular flexibility index (Phi) is 3.18. The molecule has 0 aliphatic rings. The van der Waals surface area contributed by atoms with Crippen LogP contribution in [0, 0.1) is 0 Å². The zero-order chi connectivity index (χ0) is 13.2. The average molecular weight is 247 g/mol. The number of nitrogens with two attached hydrogens (primary N) is 1. The standard InChI is InChI=1S/C13H13NO4/c14-8-13(17,9-4-2-1-3-5-9)11-10(12(15)16)6-7-18-11/h1-7,17H,8,14H2,(H,15,16). The maximum absolute atomic E-state index is 11.1. The number of benzene rings is 1. The van der Waals surface area contributed by atoms with Crippen LogP contribution in [0.3, 0.4) is 0 Å². The second kappa shape index (κ2) is 4.64. The van der Waals surface area contributed by atoms with Crippen LogP contribution in [0.5, 0.6) is 0 Å². The van der Waals surface area contributed by atoms with Crippen molar-refractivity contribution in [2.75, 3.05) is 6.54 Å². The first-order valence-corrected chi connectivity index (χ1v) is 5.39. The average Bonchev–Trinajstić information content (AvgIpc) is 2.89. The first-order chi connectivity index (χ1) is 8.59. The van der Waals surface area contributed by atoms with Crippen LogP contribution in [-0.2, 0) is 5.60 Å². The Balaban J connectivity index is 2.57. The topological polar surface area (TPSA) is 96.7 Å². The molecule has 1 aromatic carbocycles. The van der Waals surface area contributed by atoms with Gasteiger partial charge in [0.25, 0.3) is 0 Å². The van der Waals surface area contributed by atoms with Crippen molar-refractivity contribution >= 4 is 5.97 Å². The predicted molar refractivity (Wildman–Crippen MR) is 64.2 cm³/mol. The van der Waals surface area contributed by atoms with Crippen molar-refractivity contribution in [3.63, 3.8) is 0 Å². The maximum Gasteiger partial charge on any atom is 0.339 e. The first kappa shape index (κ1) is 12.3. The fourth-order valence-electron chi connectivity index (χ4n) is 1.85. The smallest absolute Gasteiger partial charge is 0.339 e. The molecule has 5 heteroatoms. The van der Waals surface area contributed by atoms with Crippen LogP contribution < -0.4 is 5.73 Å². The van der Waals surface area contributed by atoms with E-state index in [9.17, 15) is 9.90 Å². The van der Waals surface area contributed by atoms with Crippen LogP contribution in [0.25, 0.3) is 0 Å². The van der Waals surface area contributed by atoms with Crippen LogP contribution in [0.2, 0.25) is 0 Å². The summed E-state index contributed by atoms with van der Waals surface area (Å²) in [5.74, 6) is -1.22. The van der Waals surface area contributed by atoms with Crippen molar-refractivity contribution in [2.45, 2.75) is 5.60 Å². The summed E-state index contributed by atoms with van der Waals surface area (Å²) >= 11 is 0. The highest BCUT2D eigenvalue weighted by Crippen LogP contribution is 2.31. The van der Waals surface area contributed by atoms with E-state index in [1.54, 1.807) is 30.3 Å². The van der Waals surface area contributed by atoms with Gasteiger partial charge >= 0.3 is 5.97 Å². The molecular weight excluding hydrogens is 234 g/mol. The monoisotopic (exact) mass is 247 g/mol. The van der Waals surface area contributed by atoms with E-state index in [0.717, 1.165) is 0 Å². The Labute approximate surface area is 103 Å². The molecule has 0 aliphatic carbocycles. The molecule has 1 heterocycles. The molecule has 2 aromatic rings. The second-order valence-corrected chi connectivity index (χ2v) is 3.90. The van der Waals surface area contributed by atoms with Gasteiger partial charge in [-0.3, -0.25) is 0 Å². The third-order valence-corrected chi connectivity index (χ3v) is 2.82. The van der Waals surface area contributed by atoms with Gasteiger partial charge in [0.2, 0.25) is 0 Å². The Morgan fingerprint density at radius 2 is 1.94 bits per heavy atom. The quantitative estimate of drug-likeness (QED) is 0.753. The summed E-state index contributed by atoms with van der Waals surface area (Å²) in [5.41, 5.74) is 4.36. The van der Waals surface area contributed by atoms with Crippen molar-refractivity contribution in [2.24, 2.45) is 5.73 Å². The minimum atomic E-state index is -1.64. The number of carboxylic acid groups (broad SMARTS) is 1. The fraction of sp³-hybridized carbons (Fsp3) is 0.154. The number of aliphatic hydroxyl groups is 1. The Morgan fingerprint density at radius 1 is 1.28 bits per heavy atom. The van der Waals surface area contributed by atoms with Gasteiger partial charge in [0.15, 0.2) is 11.4 Å². The number of carboxylic acids is 1. The molecule has 0 saturated heterocycles. The molecule has 1 atom stereocenters. The number of hydrogen-bond acceptors (Lipinski definition) is 4. The number of rotatable bonds is 4. The molecule has 5 nitrogen and oxygen atoms in total. The van der Waals surface area contributed by atoms with Gasteiger partial charge in [-0.1, -0.05) is 30.3 Å². The zero-order valence-corrected chi connectivity index (χ0v) is 9.54. The van der Waals surface area contributed by atoms with Gasteiger partial charge < -0.3 is 20.4 Å². The Morgan fingerprint density at radius 3 is 2.50 bits per heavy atom. The summed E-state index contributed by atoms with van der Waals surface area (Å²) in [7, 11) is 0. The van der Waals surface area contributed by atoms with E-state index in [1.165, 1.54) is 12.3 Å². The summed E-state index contributed by atoms with van der Waals surface area (Å²) < 4.78 is 5.13. The van der Waals surface area contributed by atoms with Crippen molar-refractivity contribution in [3.8, 4) is 0 Å². The molecule has 0 spiro atoms. The molecule has 0 aliphatic heterocycles. The van der Waals surface area contributed by atoms with Gasteiger partial charge in [0.1, 0.15) is 5.56 Å². The third kappa shape index (κ3) is 1.90. The van der Waals surface area contributed by atoms with Crippen molar-refractivity contribution < 1.29 is 19.4 Å². The van der Waals surface area contributed by atoms with E-state index in [-0.39, 0.29) is 17.9 Å². The maximum atomic E-state index is 11.1. The lowest BCUT2D eigenvalue weighted by Gasteiger charge is -2.25. The lowest BCUT2D eigenvalue weighted by Crippen LogP contribution is -2.37. The van der Waals surface area contributed by atoms with Crippen LogP contribution in [0.4, 0.5) is 0 Å². The molecule has 1 unspecified atom stereocenters. The van der Waals surface area contributed by atoms with Gasteiger partial charge in [-0.25, -0.2) is 4.79 Å². The van der Waals surface area contributed by atoms with Crippen LogP contribution in [0.1, 0.15) is 21.7 Å². The highest BCUT2D eigenvalue weighted by Gasteiger charge is 2.37. The molecule has 2 rings (SSSR count). The molecule has 0 amide bonds. The largest absolute Gasteiger partial charge is 0.478 e. The summed E-state index contributed by atoms with van der Waals surface area (Å²) in [4.78, 5) is 11.1. The highest BCUT2D eigenvalue weighted by atomic mass is 16.4. The van der Waals surface area contributed by atoms with E-state index in [2.05, 4.69) is 0 Å². The molecule has 4 N–H and O–H groups in total. The van der Waals surface area contributed by atoms with Crippen LogP contribution >= 0.6 is 0 Å². The van der Waals surface area contributed by atoms with E-state index in [0.29, 0.717) is 5.56 Å². The summed E-state index contributed by atoms with van der Waals surface area (Å²) in [5, 5.41) is 19.6. The lowest BCUT2D eigenvalue weighted by molar-refractivity contribution is 0.0565. The minimum Gasteiger partial charge on any atom is -0.478 e. The molecule has 0 bridgehead atoms. The SMILES string of the molecule is NCC(O)(c1ccccc1)c1occc1C(=O)O. The van der Waals surface area contributed by atoms with E-state index in [4.69, 9.17) is 15.3 Å². The van der Waals surface area contributed by atoms with Crippen molar-refractivity contribution in [1.82, 2.24) is 0 Å². The van der Waals surface area contributed by atoms with E-state index < -0.39 is 11.6 Å². The lowest BCUT2D eigenvalue weighted by atomic mass is 9.89. The molecule has 0 radical (unpaired) electrons. The second-order valence-electron chi connectivity index (χ2n) is 3.90.